The van der Waals surface area contributed by atoms with E-state index < -0.39 is 0 Å². The first-order valence-corrected chi connectivity index (χ1v) is 7.81. The van der Waals surface area contributed by atoms with Gasteiger partial charge in [0.1, 0.15) is 0 Å². The standard InChI is InChI=1S/C13H26N2OS/c1-10(2)5-12(7-14)6-13(16)15-8-11-3-4-17-9-11/h10-12H,3-9,14H2,1-2H3,(H,15,16). The molecule has 0 aliphatic carbocycles. The van der Waals surface area contributed by atoms with Crippen LogP contribution in [0.2, 0.25) is 0 Å². The molecular weight excluding hydrogens is 232 g/mol. The van der Waals surface area contributed by atoms with Crippen molar-refractivity contribution in [3.8, 4) is 0 Å². The molecule has 0 saturated carbocycles. The van der Waals surface area contributed by atoms with Crippen LogP contribution in [0, 0.1) is 17.8 Å². The molecule has 1 aliphatic heterocycles. The van der Waals surface area contributed by atoms with E-state index in [0.29, 0.717) is 30.7 Å². The Morgan fingerprint density at radius 1 is 1.53 bits per heavy atom. The van der Waals surface area contributed by atoms with E-state index in [2.05, 4.69) is 19.2 Å². The summed E-state index contributed by atoms with van der Waals surface area (Å²) in [7, 11) is 0. The van der Waals surface area contributed by atoms with E-state index in [-0.39, 0.29) is 5.91 Å². The molecule has 3 N–H and O–H groups in total. The van der Waals surface area contributed by atoms with Crippen molar-refractivity contribution in [3.05, 3.63) is 0 Å². The van der Waals surface area contributed by atoms with Gasteiger partial charge in [0.25, 0.3) is 0 Å². The van der Waals surface area contributed by atoms with Crippen molar-refractivity contribution in [2.24, 2.45) is 23.5 Å². The summed E-state index contributed by atoms with van der Waals surface area (Å²) in [6.45, 7) is 5.82. The van der Waals surface area contributed by atoms with Crippen LogP contribution in [0.4, 0.5) is 0 Å². The number of carbonyl (C=O) groups excluding carboxylic acids is 1. The van der Waals surface area contributed by atoms with Gasteiger partial charge in [-0.25, -0.2) is 0 Å². The lowest BCUT2D eigenvalue weighted by atomic mass is 9.94. The molecule has 100 valence electrons. The van der Waals surface area contributed by atoms with Gasteiger partial charge in [-0.3, -0.25) is 4.79 Å². The second-order valence-electron chi connectivity index (χ2n) is 5.47. The maximum Gasteiger partial charge on any atom is 0.220 e. The molecule has 17 heavy (non-hydrogen) atoms. The zero-order valence-corrected chi connectivity index (χ0v) is 11.9. The molecule has 0 bridgehead atoms. The number of nitrogens with two attached hydrogens (primary N) is 1. The zero-order chi connectivity index (χ0) is 12.7. The van der Waals surface area contributed by atoms with Crippen molar-refractivity contribution < 1.29 is 4.79 Å². The van der Waals surface area contributed by atoms with E-state index in [1.165, 1.54) is 17.9 Å². The summed E-state index contributed by atoms with van der Waals surface area (Å²) >= 11 is 1.99. The number of carbonyl (C=O) groups is 1. The first-order valence-electron chi connectivity index (χ1n) is 6.66. The normalized spacial score (nSPS) is 21.8. The summed E-state index contributed by atoms with van der Waals surface area (Å²) in [4.78, 5) is 11.8. The highest BCUT2D eigenvalue weighted by Gasteiger charge is 2.18. The van der Waals surface area contributed by atoms with Gasteiger partial charge in [-0.05, 0) is 48.6 Å². The van der Waals surface area contributed by atoms with Gasteiger partial charge in [0, 0.05) is 13.0 Å². The Kier molecular flexibility index (Phi) is 6.97. The molecule has 0 aromatic heterocycles. The van der Waals surface area contributed by atoms with Crippen LogP contribution in [0.1, 0.15) is 33.1 Å². The van der Waals surface area contributed by atoms with Gasteiger partial charge in [-0.15, -0.1) is 0 Å². The molecule has 3 nitrogen and oxygen atoms in total. The van der Waals surface area contributed by atoms with Gasteiger partial charge in [0.05, 0.1) is 0 Å². The summed E-state index contributed by atoms with van der Waals surface area (Å²) < 4.78 is 0. The fourth-order valence-electron chi connectivity index (χ4n) is 2.27. The van der Waals surface area contributed by atoms with Crippen molar-refractivity contribution in [1.82, 2.24) is 5.32 Å². The van der Waals surface area contributed by atoms with Crippen LogP contribution in [0.3, 0.4) is 0 Å². The molecule has 4 heteroatoms. The van der Waals surface area contributed by atoms with Gasteiger partial charge in [0.2, 0.25) is 5.91 Å². The number of hydrogen-bond acceptors (Lipinski definition) is 3. The van der Waals surface area contributed by atoms with E-state index in [0.717, 1.165) is 13.0 Å². The highest BCUT2D eigenvalue weighted by molar-refractivity contribution is 7.99. The van der Waals surface area contributed by atoms with Gasteiger partial charge < -0.3 is 11.1 Å². The Balaban J connectivity index is 2.17. The fraction of sp³-hybridized carbons (Fsp3) is 0.923. The van der Waals surface area contributed by atoms with E-state index in [1.54, 1.807) is 0 Å². The Bertz CT molecular complexity index is 227. The third-order valence-electron chi connectivity index (χ3n) is 3.22. The van der Waals surface area contributed by atoms with Gasteiger partial charge in [-0.1, -0.05) is 13.8 Å². The second-order valence-corrected chi connectivity index (χ2v) is 6.62. The summed E-state index contributed by atoms with van der Waals surface area (Å²) in [5.74, 6) is 4.27. The predicted molar refractivity (Wildman–Crippen MR) is 75.1 cm³/mol. The SMILES string of the molecule is CC(C)CC(CN)CC(=O)NCC1CCSC1. The Morgan fingerprint density at radius 3 is 2.82 bits per heavy atom. The fourth-order valence-corrected chi connectivity index (χ4v) is 3.55. The first kappa shape index (κ1) is 14.8. The summed E-state index contributed by atoms with van der Waals surface area (Å²) in [5.41, 5.74) is 5.70. The summed E-state index contributed by atoms with van der Waals surface area (Å²) in [6.07, 6.45) is 2.88. The van der Waals surface area contributed by atoms with Crippen molar-refractivity contribution in [2.75, 3.05) is 24.6 Å². The molecule has 1 aliphatic rings. The average Bonchev–Trinajstić information content (AvgIpc) is 2.77. The highest BCUT2D eigenvalue weighted by Crippen LogP contribution is 2.22. The molecule has 0 spiro atoms. The molecule has 0 aromatic carbocycles. The van der Waals surface area contributed by atoms with Crippen molar-refractivity contribution >= 4 is 17.7 Å². The number of nitrogens with one attached hydrogen (secondary N) is 1. The molecule has 2 atom stereocenters. The van der Waals surface area contributed by atoms with Gasteiger partial charge in [0.15, 0.2) is 0 Å². The molecular formula is C13H26N2OS. The smallest absolute Gasteiger partial charge is 0.220 e. The Hall–Kier alpha value is -0.220. The molecule has 1 saturated heterocycles. The molecule has 0 radical (unpaired) electrons. The summed E-state index contributed by atoms with van der Waals surface area (Å²) in [5, 5.41) is 3.05. The topological polar surface area (TPSA) is 55.1 Å². The molecule has 1 rings (SSSR count). The minimum atomic E-state index is 0.179. The van der Waals surface area contributed by atoms with Crippen LogP contribution < -0.4 is 11.1 Å². The lowest BCUT2D eigenvalue weighted by molar-refractivity contribution is -0.122. The van der Waals surface area contributed by atoms with Gasteiger partial charge >= 0.3 is 0 Å². The van der Waals surface area contributed by atoms with Crippen LogP contribution in [0.5, 0.6) is 0 Å². The predicted octanol–water partition coefficient (Wildman–Crippen LogP) is 1.87. The van der Waals surface area contributed by atoms with Crippen molar-refractivity contribution in [2.45, 2.75) is 33.1 Å². The maximum absolute atomic E-state index is 11.8. The minimum absolute atomic E-state index is 0.179. The summed E-state index contributed by atoms with van der Waals surface area (Å²) in [6, 6.07) is 0. The zero-order valence-electron chi connectivity index (χ0n) is 11.1. The number of amides is 1. The van der Waals surface area contributed by atoms with Crippen LogP contribution >= 0.6 is 11.8 Å². The molecule has 1 heterocycles. The van der Waals surface area contributed by atoms with Crippen LogP contribution in [-0.2, 0) is 4.79 Å². The monoisotopic (exact) mass is 258 g/mol. The van der Waals surface area contributed by atoms with E-state index in [1.807, 2.05) is 11.8 Å². The van der Waals surface area contributed by atoms with E-state index >= 15 is 0 Å². The molecule has 0 aromatic rings. The highest BCUT2D eigenvalue weighted by atomic mass is 32.2. The van der Waals surface area contributed by atoms with Crippen LogP contribution in [0.15, 0.2) is 0 Å². The Labute approximate surface area is 109 Å². The molecule has 2 unspecified atom stereocenters. The lowest BCUT2D eigenvalue weighted by Crippen LogP contribution is -2.32. The third-order valence-corrected chi connectivity index (χ3v) is 4.46. The largest absolute Gasteiger partial charge is 0.356 e. The first-order chi connectivity index (χ1) is 8.11. The number of rotatable bonds is 7. The minimum Gasteiger partial charge on any atom is -0.356 e. The maximum atomic E-state index is 11.8. The van der Waals surface area contributed by atoms with E-state index in [9.17, 15) is 4.79 Å². The van der Waals surface area contributed by atoms with Gasteiger partial charge in [-0.2, -0.15) is 11.8 Å². The molecule has 1 amide bonds. The Morgan fingerprint density at radius 2 is 2.29 bits per heavy atom. The van der Waals surface area contributed by atoms with E-state index in [4.69, 9.17) is 5.73 Å². The van der Waals surface area contributed by atoms with Crippen LogP contribution in [0.25, 0.3) is 0 Å². The quantitative estimate of drug-likeness (QED) is 0.733. The van der Waals surface area contributed by atoms with Crippen LogP contribution in [-0.4, -0.2) is 30.5 Å². The number of hydrogen-bond donors (Lipinski definition) is 2. The lowest BCUT2D eigenvalue weighted by Gasteiger charge is -2.17. The van der Waals surface area contributed by atoms with Crippen molar-refractivity contribution in [1.29, 1.82) is 0 Å². The van der Waals surface area contributed by atoms with Crippen molar-refractivity contribution in [3.63, 3.8) is 0 Å². The molecule has 1 fully saturated rings. The second kappa shape index (κ2) is 7.98. The number of thioether (sulfide) groups is 1. The third kappa shape index (κ3) is 6.32. The average molecular weight is 258 g/mol.